The molecule has 3 N–H and O–H groups in total. The van der Waals surface area contributed by atoms with Gasteiger partial charge in [0.1, 0.15) is 5.54 Å². The predicted molar refractivity (Wildman–Crippen MR) is 60.6 cm³/mol. The van der Waals surface area contributed by atoms with Gasteiger partial charge in [0.15, 0.2) is 0 Å². The molecule has 16 heavy (non-hydrogen) atoms. The zero-order valence-electron chi connectivity index (χ0n) is 9.43. The molecule has 0 aliphatic heterocycles. The Morgan fingerprint density at radius 1 is 1.75 bits per heavy atom. The van der Waals surface area contributed by atoms with Crippen molar-refractivity contribution in [1.82, 2.24) is 9.03 Å². The molecule has 0 aromatic carbocycles. The largest absolute Gasteiger partial charge is 0.317 e. The highest BCUT2D eigenvalue weighted by atomic mass is 32.2. The molecule has 6 nitrogen and oxygen atoms in total. The minimum atomic E-state index is -3.76. The number of amides is 1. The summed E-state index contributed by atoms with van der Waals surface area (Å²) in [6.45, 7) is 5.48. The fourth-order valence-electron chi connectivity index (χ4n) is 1.32. The Balaban J connectivity index is 2.70. The summed E-state index contributed by atoms with van der Waals surface area (Å²) >= 11 is 0. The van der Waals surface area contributed by atoms with Crippen LogP contribution in [0.15, 0.2) is 12.7 Å². The second-order valence-corrected chi connectivity index (χ2v) is 5.71. The zero-order chi connectivity index (χ0) is 12.6. The molecule has 0 bridgehead atoms. The standard InChI is InChI=1S/C9H17N3O3S/c1-4-7-6-9(7,10)8(13)11-16(14,15)12(3)5-2/h4,7H,1,5-6,10H2,2-3H3,(H,11,13)/t7-,9-/m1/s1. The summed E-state index contributed by atoms with van der Waals surface area (Å²) in [6, 6.07) is 0. The number of nitrogens with two attached hydrogens (primary N) is 1. The molecular weight excluding hydrogens is 230 g/mol. The minimum absolute atomic E-state index is 0.144. The average molecular weight is 247 g/mol. The molecule has 1 aliphatic rings. The van der Waals surface area contributed by atoms with Crippen LogP contribution in [0, 0.1) is 5.92 Å². The molecule has 2 atom stereocenters. The second kappa shape index (κ2) is 4.15. The number of nitrogens with zero attached hydrogens (tertiary/aromatic N) is 1. The van der Waals surface area contributed by atoms with Gasteiger partial charge < -0.3 is 5.73 Å². The molecule has 1 saturated carbocycles. The van der Waals surface area contributed by atoms with E-state index in [2.05, 4.69) is 6.58 Å². The number of carbonyl (C=O) groups is 1. The Labute approximate surface area is 95.7 Å². The first-order valence-corrected chi connectivity index (χ1v) is 6.42. The SMILES string of the molecule is C=C[C@@H]1C[C@]1(N)C(=O)NS(=O)(=O)N(C)CC. The van der Waals surface area contributed by atoms with Crippen LogP contribution >= 0.6 is 0 Å². The Bertz CT molecular complexity index is 406. The van der Waals surface area contributed by atoms with E-state index in [1.807, 2.05) is 4.72 Å². The van der Waals surface area contributed by atoms with Gasteiger partial charge in [-0.1, -0.05) is 13.0 Å². The molecule has 0 saturated heterocycles. The van der Waals surface area contributed by atoms with Gasteiger partial charge in [0.2, 0.25) is 0 Å². The molecule has 1 rings (SSSR count). The molecule has 0 radical (unpaired) electrons. The average Bonchev–Trinajstić information content (AvgIpc) is 2.89. The van der Waals surface area contributed by atoms with Gasteiger partial charge in [0.05, 0.1) is 0 Å². The van der Waals surface area contributed by atoms with Gasteiger partial charge in [-0.25, -0.2) is 4.72 Å². The van der Waals surface area contributed by atoms with Crippen molar-refractivity contribution < 1.29 is 13.2 Å². The van der Waals surface area contributed by atoms with E-state index in [-0.39, 0.29) is 12.5 Å². The van der Waals surface area contributed by atoms with Crippen LogP contribution in [0.5, 0.6) is 0 Å². The van der Waals surface area contributed by atoms with Crippen molar-refractivity contribution in [2.75, 3.05) is 13.6 Å². The predicted octanol–water partition coefficient (Wildman–Crippen LogP) is -0.797. The van der Waals surface area contributed by atoms with Crippen molar-refractivity contribution in [3.63, 3.8) is 0 Å². The monoisotopic (exact) mass is 247 g/mol. The molecule has 92 valence electrons. The third kappa shape index (κ3) is 2.26. The Morgan fingerprint density at radius 2 is 2.31 bits per heavy atom. The number of nitrogens with one attached hydrogen (secondary N) is 1. The van der Waals surface area contributed by atoms with Gasteiger partial charge in [0, 0.05) is 19.5 Å². The summed E-state index contributed by atoms with van der Waals surface area (Å²) in [6.07, 6.45) is 2.00. The highest BCUT2D eigenvalue weighted by molar-refractivity contribution is 7.87. The lowest BCUT2D eigenvalue weighted by Crippen LogP contribution is -2.50. The van der Waals surface area contributed by atoms with E-state index in [1.165, 1.54) is 7.05 Å². The lowest BCUT2D eigenvalue weighted by atomic mass is 10.2. The molecule has 7 heteroatoms. The van der Waals surface area contributed by atoms with E-state index in [0.717, 1.165) is 4.31 Å². The smallest absolute Gasteiger partial charge is 0.303 e. The van der Waals surface area contributed by atoms with Crippen molar-refractivity contribution in [3.8, 4) is 0 Å². The van der Waals surface area contributed by atoms with Crippen LogP contribution in [0.3, 0.4) is 0 Å². The first-order chi connectivity index (χ1) is 7.28. The van der Waals surface area contributed by atoms with Crippen LogP contribution in [0.2, 0.25) is 0 Å². The van der Waals surface area contributed by atoms with Gasteiger partial charge in [0.25, 0.3) is 5.91 Å². The fourth-order valence-corrected chi connectivity index (χ4v) is 2.24. The van der Waals surface area contributed by atoms with Crippen LogP contribution in [-0.4, -0.2) is 37.8 Å². The van der Waals surface area contributed by atoms with E-state index in [1.54, 1.807) is 13.0 Å². The Hall–Kier alpha value is -0.920. The summed E-state index contributed by atoms with van der Waals surface area (Å²) in [5.41, 5.74) is 4.62. The third-order valence-electron chi connectivity index (χ3n) is 2.84. The molecule has 0 spiro atoms. The van der Waals surface area contributed by atoms with Gasteiger partial charge >= 0.3 is 10.2 Å². The van der Waals surface area contributed by atoms with Gasteiger partial charge in [-0.3, -0.25) is 4.79 Å². The second-order valence-electron chi connectivity index (χ2n) is 3.94. The maximum absolute atomic E-state index is 11.6. The number of rotatable bonds is 5. The first-order valence-electron chi connectivity index (χ1n) is 4.98. The van der Waals surface area contributed by atoms with Crippen LogP contribution in [-0.2, 0) is 15.0 Å². The normalized spacial score (nSPS) is 28.9. The summed E-state index contributed by atoms with van der Waals surface area (Å²) in [4.78, 5) is 11.6. The van der Waals surface area contributed by atoms with Crippen molar-refractivity contribution in [2.45, 2.75) is 18.9 Å². The molecule has 0 aromatic heterocycles. The van der Waals surface area contributed by atoms with Crippen molar-refractivity contribution in [3.05, 3.63) is 12.7 Å². The molecule has 0 aromatic rings. The van der Waals surface area contributed by atoms with E-state index in [4.69, 9.17) is 5.73 Å². The maximum atomic E-state index is 11.6. The molecule has 1 aliphatic carbocycles. The van der Waals surface area contributed by atoms with Crippen molar-refractivity contribution in [2.24, 2.45) is 11.7 Å². The number of hydrogen-bond donors (Lipinski definition) is 2. The quantitative estimate of drug-likeness (QED) is 0.622. The van der Waals surface area contributed by atoms with Crippen LogP contribution in [0.1, 0.15) is 13.3 Å². The lowest BCUT2D eigenvalue weighted by molar-refractivity contribution is -0.121. The molecule has 1 amide bonds. The van der Waals surface area contributed by atoms with Gasteiger partial charge in [-0.15, -0.1) is 6.58 Å². The van der Waals surface area contributed by atoms with E-state index in [9.17, 15) is 13.2 Å². The van der Waals surface area contributed by atoms with Crippen LogP contribution < -0.4 is 10.5 Å². The Morgan fingerprint density at radius 3 is 2.69 bits per heavy atom. The van der Waals surface area contributed by atoms with Crippen molar-refractivity contribution >= 4 is 16.1 Å². The third-order valence-corrected chi connectivity index (χ3v) is 4.37. The van der Waals surface area contributed by atoms with E-state index < -0.39 is 21.7 Å². The summed E-state index contributed by atoms with van der Waals surface area (Å²) in [5.74, 6) is -0.813. The van der Waals surface area contributed by atoms with E-state index >= 15 is 0 Å². The maximum Gasteiger partial charge on any atom is 0.303 e. The molecular formula is C9H17N3O3S. The Kier molecular flexibility index (Phi) is 3.41. The zero-order valence-corrected chi connectivity index (χ0v) is 10.3. The van der Waals surface area contributed by atoms with Crippen LogP contribution in [0.25, 0.3) is 0 Å². The summed E-state index contributed by atoms with van der Waals surface area (Å²) in [7, 11) is -2.38. The highest BCUT2D eigenvalue weighted by Gasteiger charge is 2.56. The van der Waals surface area contributed by atoms with E-state index in [0.29, 0.717) is 6.42 Å². The minimum Gasteiger partial charge on any atom is -0.317 e. The number of carbonyl (C=O) groups excluding carboxylic acids is 1. The highest BCUT2D eigenvalue weighted by Crippen LogP contribution is 2.41. The molecule has 1 fully saturated rings. The number of hydrogen-bond acceptors (Lipinski definition) is 4. The summed E-state index contributed by atoms with van der Waals surface area (Å²) in [5, 5.41) is 0. The molecule has 0 unspecified atom stereocenters. The van der Waals surface area contributed by atoms with Gasteiger partial charge in [-0.05, 0) is 6.42 Å². The topological polar surface area (TPSA) is 92.5 Å². The summed E-state index contributed by atoms with van der Waals surface area (Å²) < 4.78 is 26.1. The first kappa shape index (κ1) is 13.1. The van der Waals surface area contributed by atoms with Crippen molar-refractivity contribution in [1.29, 1.82) is 0 Å². The van der Waals surface area contributed by atoms with Gasteiger partial charge in [-0.2, -0.15) is 12.7 Å². The fraction of sp³-hybridized carbons (Fsp3) is 0.667. The molecule has 0 heterocycles. The van der Waals surface area contributed by atoms with Crippen LogP contribution in [0.4, 0.5) is 0 Å². The lowest BCUT2D eigenvalue weighted by Gasteiger charge is -2.17.